The number of anilines is 1. The van der Waals surface area contributed by atoms with E-state index in [0.29, 0.717) is 0 Å². The molecule has 2 aromatic rings. The van der Waals surface area contributed by atoms with Crippen LogP contribution in [0.15, 0.2) is 45.6 Å². The van der Waals surface area contributed by atoms with Crippen molar-refractivity contribution in [2.45, 2.75) is 26.4 Å². The number of rotatable bonds is 5. The summed E-state index contributed by atoms with van der Waals surface area (Å²) in [5.74, 6) is 0. The van der Waals surface area contributed by atoms with E-state index < -0.39 is 0 Å². The molecule has 0 aliphatic rings. The van der Waals surface area contributed by atoms with Crippen molar-refractivity contribution in [3.8, 4) is 0 Å². The molecule has 1 N–H and O–H groups in total. The standard InChI is InChI=1S/C14H16Br2N2/c1-2-6-18-7-5-11(10-18)9-17-14-4-3-12(15)8-13(14)16/h3-5,7-8,10,17H,2,6,9H2,1H3. The Kier molecular flexibility index (Phi) is 4.89. The van der Waals surface area contributed by atoms with Gasteiger partial charge in [-0.1, -0.05) is 22.9 Å². The zero-order chi connectivity index (χ0) is 13.0. The number of hydrogen-bond donors (Lipinski definition) is 1. The molecule has 1 heterocycles. The molecule has 0 saturated carbocycles. The zero-order valence-electron chi connectivity index (χ0n) is 10.3. The van der Waals surface area contributed by atoms with Gasteiger partial charge in [0.05, 0.1) is 0 Å². The molecule has 0 fully saturated rings. The van der Waals surface area contributed by atoms with Gasteiger partial charge < -0.3 is 9.88 Å². The lowest BCUT2D eigenvalue weighted by Gasteiger charge is -2.07. The molecule has 96 valence electrons. The van der Waals surface area contributed by atoms with E-state index in [2.05, 4.69) is 73.2 Å². The highest BCUT2D eigenvalue weighted by Crippen LogP contribution is 2.26. The third-order valence-electron chi connectivity index (χ3n) is 2.71. The minimum atomic E-state index is 0.844. The number of nitrogens with one attached hydrogen (secondary N) is 1. The Morgan fingerprint density at radius 2 is 2.06 bits per heavy atom. The summed E-state index contributed by atoms with van der Waals surface area (Å²) in [5.41, 5.74) is 2.42. The van der Waals surface area contributed by atoms with Crippen molar-refractivity contribution >= 4 is 37.5 Å². The SMILES string of the molecule is CCCn1ccc(CNc2ccc(Br)cc2Br)c1. The van der Waals surface area contributed by atoms with Crippen molar-refractivity contribution in [1.82, 2.24) is 4.57 Å². The number of benzene rings is 1. The molecule has 0 atom stereocenters. The second-order valence-electron chi connectivity index (χ2n) is 4.24. The fourth-order valence-corrected chi connectivity index (χ4v) is 3.01. The molecule has 0 spiro atoms. The van der Waals surface area contributed by atoms with Gasteiger partial charge in [0.15, 0.2) is 0 Å². The van der Waals surface area contributed by atoms with Crippen molar-refractivity contribution in [1.29, 1.82) is 0 Å². The lowest BCUT2D eigenvalue weighted by atomic mass is 10.3. The minimum absolute atomic E-state index is 0.844. The summed E-state index contributed by atoms with van der Waals surface area (Å²) in [6, 6.07) is 8.31. The molecule has 0 aliphatic carbocycles. The number of nitrogens with zero attached hydrogens (tertiary/aromatic N) is 1. The molecule has 0 aliphatic heterocycles. The average Bonchev–Trinajstić information content (AvgIpc) is 2.76. The minimum Gasteiger partial charge on any atom is -0.380 e. The van der Waals surface area contributed by atoms with E-state index in [1.165, 1.54) is 12.0 Å². The molecule has 0 amide bonds. The Labute approximate surface area is 125 Å². The fourth-order valence-electron chi connectivity index (χ4n) is 1.82. The van der Waals surface area contributed by atoms with Gasteiger partial charge in [0, 0.05) is 40.1 Å². The monoisotopic (exact) mass is 370 g/mol. The van der Waals surface area contributed by atoms with Gasteiger partial charge in [-0.15, -0.1) is 0 Å². The first kappa shape index (κ1) is 13.7. The van der Waals surface area contributed by atoms with Gasteiger partial charge in [0.2, 0.25) is 0 Å². The second-order valence-corrected chi connectivity index (χ2v) is 6.01. The third kappa shape index (κ3) is 3.62. The van der Waals surface area contributed by atoms with Crippen LogP contribution in [-0.2, 0) is 13.1 Å². The molecular weight excluding hydrogens is 356 g/mol. The van der Waals surface area contributed by atoms with Crippen LogP contribution in [0, 0.1) is 0 Å². The lowest BCUT2D eigenvalue weighted by molar-refractivity contribution is 0.681. The van der Waals surface area contributed by atoms with Crippen molar-refractivity contribution < 1.29 is 0 Å². The zero-order valence-corrected chi connectivity index (χ0v) is 13.5. The molecule has 0 saturated heterocycles. The first-order valence-corrected chi connectivity index (χ1v) is 7.61. The smallest absolute Gasteiger partial charge is 0.0488 e. The maximum absolute atomic E-state index is 3.55. The van der Waals surface area contributed by atoms with Crippen LogP contribution in [0.25, 0.3) is 0 Å². The van der Waals surface area contributed by atoms with Gasteiger partial charge in [-0.2, -0.15) is 0 Å². The molecule has 4 heteroatoms. The summed E-state index contributed by atoms with van der Waals surface area (Å²) >= 11 is 7.00. The number of halogens is 2. The average molecular weight is 372 g/mol. The Hall–Kier alpha value is -0.740. The Morgan fingerprint density at radius 1 is 1.22 bits per heavy atom. The molecule has 1 aromatic heterocycles. The summed E-state index contributed by atoms with van der Waals surface area (Å²) in [6.07, 6.45) is 5.50. The molecule has 0 unspecified atom stereocenters. The molecule has 2 rings (SSSR count). The topological polar surface area (TPSA) is 17.0 Å². The number of aromatic nitrogens is 1. The first-order valence-electron chi connectivity index (χ1n) is 6.02. The van der Waals surface area contributed by atoms with Gasteiger partial charge in [-0.25, -0.2) is 0 Å². The van der Waals surface area contributed by atoms with Crippen LogP contribution >= 0.6 is 31.9 Å². The maximum Gasteiger partial charge on any atom is 0.0488 e. The van der Waals surface area contributed by atoms with E-state index >= 15 is 0 Å². The number of hydrogen-bond acceptors (Lipinski definition) is 1. The fraction of sp³-hybridized carbons (Fsp3) is 0.286. The molecular formula is C14H16Br2N2. The van der Waals surface area contributed by atoms with Crippen molar-refractivity contribution in [3.05, 3.63) is 51.2 Å². The summed E-state index contributed by atoms with van der Waals surface area (Å²) in [6.45, 7) is 4.12. The van der Waals surface area contributed by atoms with Crippen LogP contribution < -0.4 is 5.32 Å². The molecule has 18 heavy (non-hydrogen) atoms. The second kappa shape index (κ2) is 6.43. The third-order valence-corrected chi connectivity index (χ3v) is 3.86. The van der Waals surface area contributed by atoms with Crippen molar-refractivity contribution in [2.75, 3.05) is 5.32 Å². The van der Waals surface area contributed by atoms with Crippen LogP contribution in [0.1, 0.15) is 18.9 Å². The normalized spacial score (nSPS) is 10.6. The highest BCUT2D eigenvalue weighted by Gasteiger charge is 2.01. The molecule has 0 bridgehead atoms. The van der Waals surface area contributed by atoms with Crippen LogP contribution in [0.4, 0.5) is 5.69 Å². The van der Waals surface area contributed by atoms with E-state index in [0.717, 1.165) is 27.7 Å². The summed E-state index contributed by atoms with van der Waals surface area (Å²) in [5, 5.41) is 3.43. The largest absolute Gasteiger partial charge is 0.380 e. The summed E-state index contributed by atoms with van der Waals surface area (Å²) in [4.78, 5) is 0. The van der Waals surface area contributed by atoms with Gasteiger partial charge in [-0.05, 0) is 52.2 Å². The van der Waals surface area contributed by atoms with Gasteiger partial charge >= 0.3 is 0 Å². The van der Waals surface area contributed by atoms with E-state index in [1.807, 2.05) is 12.1 Å². The predicted octanol–water partition coefficient (Wildman–Crippen LogP) is 5.04. The van der Waals surface area contributed by atoms with E-state index in [-0.39, 0.29) is 0 Å². The summed E-state index contributed by atoms with van der Waals surface area (Å²) < 4.78 is 4.38. The quantitative estimate of drug-likeness (QED) is 0.779. The lowest BCUT2D eigenvalue weighted by Crippen LogP contribution is -1.99. The Morgan fingerprint density at radius 3 is 2.78 bits per heavy atom. The molecule has 2 nitrogen and oxygen atoms in total. The van der Waals surface area contributed by atoms with E-state index in [1.54, 1.807) is 0 Å². The van der Waals surface area contributed by atoms with Gasteiger partial charge in [-0.3, -0.25) is 0 Å². The maximum atomic E-state index is 3.55. The number of aryl methyl sites for hydroxylation is 1. The predicted molar refractivity (Wildman–Crippen MR) is 83.9 cm³/mol. The first-order chi connectivity index (χ1) is 8.69. The highest BCUT2D eigenvalue weighted by atomic mass is 79.9. The van der Waals surface area contributed by atoms with Gasteiger partial charge in [0.25, 0.3) is 0 Å². The van der Waals surface area contributed by atoms with Crippen LogP contribution in [0.2, 0.25) is 0 Å². The van der Waals surface area contributed by atoms with Crippen LogP contribution in [-0.4, -0.2) is 4.57 Å². The van der Waals surface area contributed by atoms with Gasteiger partial charge in [0.1, 0.15) is 0 Å². The van der Waals surface area contributed by atoms with E-state index in [9.17, 15) is 0 Å². The van der Waals surface area contributed by atoms with Crippen molar-refractivity contribution in [2.24, 2.45) is 0 Å². The Bertz CT molecular complexity index is 520. The van der Waals surface area contributed by atoms with E-state index in [4.69, 9.17) is 0 Å². The molecule has 0 radical (unpaired) electrons. The van der Waals surface area contributed by atoms with Crippen LogP contribution in [0.3, 0.4) is 0 Å². The highest BCUT2D eigenvalue weighted by molar-refractivity contribution is 9.11. The molecule has 1 aromatic carbocycles. The van der Waals surface area contributed by atoms with Crippen LogP contribution in [0.5, 0.6) is 0 Å². The van der Waals surface area contributed by atoms with Crippen molar-refractivity contribution in [3.63, 3.8) is 0 Å². The Balaban J connectivity index is 1.97. The summed E-state index contributed by atoms with van der Waals surface area (Å²) in [7, 11) is 0.